The number of aliphatic hydroxyl groups is 1. The van der Waals surface area contributed by atoms with Crippen molar-refractivity contribution in [2.24, 2.45) is 0 Å². The van der Waals surface area contributed by atoms with Gasteiger partial charge < -0.3 is 15.2 Å². The molecule has 1 aliphatic carbocycles. The van der Waals surface area contributed by atoms with Gasteiger partial charge in [0.05, 0.1) is 6.04 Å². The van der Waals surface area contributed by atoms with Gasteiger partial charge in [-0.3, -0.25) is 0 Å². The van der Waals surface area contributed by atoms with Crippen LogP contribution < -0.4 is 10.1 Å². The molecule has 23 heavy (non-hydrogen) atoms. The number of fused-ring (bicyclic) bond motifs is 1. The molecule has 3 N–H and O–H groups in total. The molecule has 3 rings (SSSR count). The van der Waals surface area contributed by atoms with Crippen LogP contribution in [0.25, 0.3) is 0 Å². The van der Waals surface area contributed by atoms with Crippen LogP contribution in [0.15, 0.2) is 42.5 Å². The van der Waals surface area contributed by atoms with E-state index in [1.54, 1.807) is 0 Å². The fourth-order valence-electron chi connectivity index (χ4n) is 3.17. The van der Waals surface area contributed by atoms with Crippen LogP contribution in [0.4, 0.5) is 0 Å². The van der Waals surface area contributed by atoms with Gasteiger partial charge in [-0.15, -0.1) is 0 Å². The van der Waals surface area contributed by atoms with Gasteiger partial charge in [0.25, 0.3) is 0 Å². The Balaban J connectivity index is 1.42. The lowest BCUT2D eigenvalue weighted by Crippen LogP contribution is -2.92. The zero-order chi connectivity index (χ0) is 16.2. The first kappa shape index (κ1) is 16.0. The van der Waals surface area contributed by atoms with Gasteiger partial charge in [0, 0.05) is 12.8 Å². The Labute approximate surface area is 138 Å². The van der Waals surface area contributed by atoms with Crippen LogP contribution in [0.1, 0.15) is 22.3 Å². The molecular formula is C20H26NO2+. The van der Waals surface area contributed by atoms with Crippen LogP contribution in [0.5, 0.6) is 5.75 Å². The SMILES string of the molecule is Cc1ccc(OC[C@H](O)C[NH2+]C2Cc3ccccc3C2)cc1C. The lowest BCUT2D eigenvalue weighted by Gasteiger charge is -2.15. The van der Waals surface area contributed by atoms with E-state index in [-0.39, 0.29) is 0 Å². The van der Waals surface area contributed by atoms with Crippen LogP contribution in [-0.2, 0) is 12.8 Å². The smallest absolute Gasteiger partial charge is 0.137 e. The molecule has 3 heteroatoms. The lowest BCUT2D eigenvalue weighted by atomic mass is 10.1. The quantitative estimate of drug-likeness (QED) is 0.854. The fraction of sp³-hybridized carbons (Fsp3) is 0.400. The lowest BCUT2D eigenvalue weighted by molar-refractivity contribution is -0.693. The Morgan fingerprint density at radius 2 is 1.78 bits per heavy atom. The van der Waals surface area contributed by atoms with Crippen molar-refractivity contribution in [3.8, 4) is 5.75 Å². The van der Waals surface area contributed by atoms with Crippen molar-refractivity contribution in [1.82, 2.24) is 0 Å². The normalized spacial score (nSPS) is 15.4. The minimum Gasteiger partial charge on any atom is -0.491 e. The summed E-state index contributed by atoms with van der Waals surface area (Å²) < 4.78 is 5.71. The molecule has 1 aliphatic rings. The van der Waals surface area contributed by atoms with Gasteiger partial charge in [-0.05, 0) is 48.2 Å². The first-order valence-corrected chi connectivity index (χ1v) is 8.40. The van der Waals surface area contributed by atoms with E-state index in [0.717, 1.165) is 18.6 Å². The van der Waals surface area contributed by atoms with E-state index in [4.69, 9.17) is 4.74 Å². The standard InChI is InChI=1S/C20H25NO2/c1-14-7-8-20(9-15(14)2)23-13-19(22)12-21-18-10-16-5-3-4-6-17(16)11-18/h3-9,18-19,21-22H,10-13H2,1-2H3/p+1/t19-/m1/s1. The zero-order valence-electron chi connectivity index (χ0n) is 14.0. The highest BCUT2D eigenvalue weighted by atomic mass is 16.5. The van der Waals surface area contributed by atoms with Gasteiger partial charge in [0.1, 0.15) is 25.0 Å². The summed E-state index contributed by atoms with van der Waals surface area (Å²) in [7, 11) is 0. The molecule has 0 spiro atoms. The van der Waals surface area contributed by atoms with Crippen molar-refractivity contribution in [2.45, 2.75) is 38.8 Å². The highest BCUT2D eigenvalue weighted by Crippen LogP contribution is 2.19. The van der Waals surface area contributed by atoms with Gasteiger partial charge in [0.2, 0.25) is 0 Å². The third kappa shape index (κ3) is 4.12. The van der Waals surface area contributed by atoms with Crippen LogP contribution in [0.2, 0.25) is 0 Å². The Kier molecular flexibility index (Phi) is 4.99. The number of rotatable bonds is 6. The first-order chi connectivity index (χ1) is 11.1. The Bertz CT molecular complexity index is 643. The van der Waals surface area contributed by atoms with E-state index < -0.39 is 6.10 Å². The summed E-state index contributed by atoms with van der Waals surface area (Å²) in [4.78, 5) is 0. The maximum absolute atomic E-state index is 10.2. The maximum Gasteiger partial charge on any atom is 0.137 e. The van der Waals surface area contributed by atoms with Crippen molar-refractivity contribution < 1.29 is 15.2 Å². The highest BCUT2D eigenvalue weighted by molar-refractivity contribution is 5.34. The maximum atomic E-state index is 10.2. The molecule has 0 amide bonds. The summed E-state index contributed by atoms with van der Waals surface area (Å²) >= 11 is 0. The fourth-order valence-corrected chi connectivity index (χ4v) is 3.17. The molecule has 0 heterocycles. The number of quaternary nitrogens is 1. The summed E-state index contributed by atoms with van der Waals surface area (Å²) in [6.07, 6.45) is 1.75. The van der Waals surface area contributed by atoms with Crippen molar-refractivity contribution in [2.75, 3.05) is 13.2 Å². The molecule has 3 nitrogen and oxygen atoms in total. The molecule has 2 aromatic carbocycles. The Hall–Kier alpha value is -1.84. The first-order valence-electron chi connectivity index (χ1n) is 8.40. The summed E-state index contributed by atoms with van der Waals surface area (Å²) in [6.45, 7) is 5.19. The Morgan fingerprint density at radius 1 is 1.09 bits per heavy atom. The van der Waals surface area contributed by atoms with E-state index in [0.29, 0.717) is 19.2 Å². The second-order valence-electron chi connectivity index (χ2n) is 6.62. The van der Waals surface area contributed by atoms with Crippen molar-refractivity contribution in [3.05, 3.63) is 64.7 Å². The molecule has 0 aromatic heterocycles. The molecule has 0 unspecified atom stereocenters. The minimum absolute atomic E-state index is 0.346. The largest absolute Gasteiger partial charge is 0.491 e. The van der Waals surface area contributed by atoms with E-state index in [1.807, 2.05) is 12.1 Å². The number of aryl methyl sites for hydroxylation is 2. The average molecular weight is 312 g/mol. The van der Waals surface area contributed by atoms with Crippen molar-refractivity contribution in [3.63, 3.8) is 0 Å². The van der Waals surface area contributed by atoms with Crippen molar-refractivity contribution in [1.29, 1.82) is 0 Å². The predicted octanol–water partition coefficient (Wildman–Crippen LogP) is 1.77. The van der Waals surface area contributed by atoms with E-state index >= 15 is 0 Å². The third-order valence-electron chi connectivity index (χ3n) is 4.74. The van der Waals surface area contributed by atoms with E-state index in [9.17, 15) is 5.11 Å². The number of hydrogen-bond acceptors (Lipinski definition) is 2. The molecule has 0 saturated carbocycles. The topological polar surface area (TPSA) is 46.1 Å². The van der Waals surface area contributed by atoms with Gasteiger partial charge in [-0.25, -0.2) is 0 Å². The zero-order valence-corrected chi connectivity index (χ0v) is 14.0. The molecule has 0 aliphatic heterocycles. The third-order valence-corrected chi connectivity index (χ3v) is 4.74. The average Bonchev–Trinajstić information content (AvgIpc) is 2.97. The van der Waals surface area contributed by atoms with Gasteiger partial charge in [0.15, 0.2) is 0 Å². The summed E-state index contributed by atoms with van der Waals surface area (Å²) in [5.74, 6) is 0.834. The van der Waals surface area contributed by atoms with Crippen LogP contribution >= 0.6 is 0 Å². The molecule has 0 bridgehead atoms. The van der Waals surface area contributed by atoms with E-state index in [2.05, 4.69) is 49.5 Å². The number of aliphatic hydroxyl groups excluding tert-OH is 1. The van der Waals surface area contributed by atoms with Crippen LogP contribution in [0, 0.1) is 13.8 Å². The van der Waals surface area contributed by atoms with Gasteiger partial charge >= 0.3 is 0 Å². The molecule has 0 fully saturated rings. The molecule has 0 saturated heterocycles. The molecular weight excluding hydrogens is 286 g/mol. The minimum atomic E-state index is -0.444. The van der Waals surface area contributed by atoms with Gasteiger partial charge in [-0.2, -0.15) is 0 Å². The van der Waals surface area contributed by atoms with E-state index in [1.165, 1.54) is 22.3 Å². The second kappa shape index (κ2) is 7.16. The predicted molar refractivity (Wildman–Crippen MR) is 91.8 cm³/mol. The van der Waals surface area contributed by atoms with Crippen LogP contribution in [0.3, 0.4) is 0 Å². The summed E-state index contributed by atoms with van der Waals surface area (Å²) in [6, 6.07) is 15.2. The number of ether oxygens (including phenoxy) is 1. The molecule has 2 aromatic rings. The van der Waals surface area contributed by atoms with Gasteiger partial charge in [-0.1, -0.05) is 30.3 Å². The monoisotopic (exact) mass is 312 g/mol. The Morgan fingerprint density at radius 3 is 2.43 bits per heavy atom. The van der Waals surface area contributed by atoms with Crippen molar-refractivity contribution >= 4 is 0 Å². The molecule has 1 atom stereocenters. The molecule has 0 radical (unpaired) electrons. The number of nitrogens with two attached hydrogens (primary N) is 1. The molecule has 122 valence electrons. The highest BCUT2D eigenvalue weighted by Gasteiger charge is 2.24. The summed E-state index contributed by atoms with van der Waals surface area (Å²) in [5.41, 5.74) is 5.38. The van der Waals surface area contributed by atoms with Crippen LogP contribution in [-0.4, -0.2) is 30.4 Å². The second-order valence-corrected chi connectivity index (χ2v) is 6.62. The number of benzene rings is 2. The number of hydrogen-bond donors (Lipinski definition) is 2. The summed E-state index contributed by atoms with van der Waals surface area (Å²) in [5, 5.41) is 12.4.